The van der Waals surface area contributed by atoms with Crippen LogP contribution in [0.25, 0.3) is 0 Å². The molecule has 1 fully saturated rings. The van der Waals surface area contributed by atoms with Gasteiger partial charge in [0.1, 0.15) is 5.84 Å². The third-order valence-electron chi connectivity index (χ3n) is 5.77. The number of ether oxygens (including phenoxy) is 1. The fraction of sp³-hybridized carbons (Fsp3) is 0.370. The molecular formula is C27H33ClN4O3. The van der Waals surface area contributed by atoms with Gasteiger partial charge in [0, 0.05) is 42.0 Å². The fourth-order valence-corrected chi connectivity index (χ4v) is 3.94. The molecule has 3 N–H and O–H groups in total. The van der Waals surface area contributed by atoms with Crippen molar-refractivity contribution in [2.75, 3.05) is 37.7 Å². The SMILES string of the molecule is CCOC(=O)CCN(CC#Cc1ccc(C(=O)N2CCCC2)c(C)c1)c1cccc(C(=N)N)c1.Cl. The molecule has 1 heterocycles. The number of carbonyl (C=O) groups is 2. The van der Waals surface area contributed by atoms with Gasteiger partial charge in [-0.25, -0.2) is 0 Å². The lowest BCUT2D eigenvalue weighted by Crippen LogP contribution is -2.28. The molecule has 0 bridgehead atoms. The lowest BCUT2D eigenvalue weighted by molar-refractivity contribution is -0.142. The number of nitrogens with two attached hydrogens (primary N) is 1. The van der Waals surface area contributed by atoms with Crippen molar-refractivity contribution in [3.05, 3.63) is 64.7 Å². The van der Waals surface area contributed by atoms with Crippen molar-refractivity contribution in [2.24, 2.45) is 5.73 Å². The zero-order chi connectivity index (χ0) is 24.5. The number of likely N-dealkylation sites (tertiary alicyclic amines) is 1. The van der Waals surface area contributed by atoms with Crippen molar-refractivity contribution < 1.29 is 14.3 Å². The van der Waals surface area contributed by atoms with Gasteiger partial charge in [0.2, 0.25) is 0 Å². The average Bonchev–Trinajstić information content (AvgIpc) is 3.36. The Morgan fingerprint density at radius 1 is 1.17 bits per heavy atom. The molecule has 2 aromatic rings. The molecule has 1 aliphatic rings. The van der Waals surface area contributed by atoms with Gasteiger partial charge in [-0.2, -0.15) is 0 Å². The number of halogens is 1. The van der Waals surface area contributed by atoms with Crippen molar-refractivity contribution in [1.29, 1.82) is 5.41 Å². The molecule has 8 heteroatoms. The number of benzene rings is 2. The Labute approximate surface area is 213 Å². The van der Waals surface area contributed by atoms with E-state index in [1.807, 2.05) is 53.1 Å². The minimum Gasteiger partial charge on any atom is -0.466 e. The molecule has 3 rings (SSSR count). The summed E-state index contributed by atoms with van der Waals surface area (Å²) in [6, 6.07) is 13.0. The van der Waals surface area contributed by atoms with E-state index in [2.05, 4.69) is 11.8 Å². The second-order valence-electron chi connectivity index (χ2n) is 8.27. The molecule has 1 aliphatic heterocycles. The summed E-state index contributed by atoms with van der Waals surface area (Å²) in [5, 5.41) is 7.70. The van der Waals surface area contributed by atoms with Gasteiger partial charge in [-0.3, -0.25) is 15.0 Å². The summed E-state index contributed by atoms with van der Waals surface area (Å²) in [7, 11) is 0. The number of nitrogen functional groups attached to an aromatic ring is 1. The number of hydrogen-bond donors (Lipinski definition) is 2. The number of carbonyl (C=O) groups excluding carboxylic acids is 2. The van der Waals surface area contributed by atoms with Gasteiger partial charge in [0.25, 0.3) is 5.91 Å². The fourth-order valence-electron chi connectivity index (χ4n) is 3.94. The Bertz CT molecular complexity index is 1120. The maximum atomic E-state index is 12.7. The highest BCUT2D eigenvalue weighted by Crippen LogP contribution is 2.18. The highest BCUT2D eigenvalue weighted by Gasteiger charge is 2.20. The quantitative estimate of drug-likeness (QED) is 0.251. The zero-order valence-electron chi connectivity index (χ0n) is 20.3. The van der Waals surface area contributed by atoms with Crippen molar-refractivity contribution in [3.8, 4) is 11.8 Å². The summed E-state index contributed by atoms with van der Waals surface area (Å²) in [5.74, 6) is 6.16. The number of nitrogens with zero attached hydrogens (tertiary/aromatic N) is 2. The predicted molar refractivity (Wildman–Crippen MR) is 141 cm³/mol. The predicted octanol–water partition coefficient (Wildman–Crippen LogP) is 3.75. The second-order valence-corrected chi connectivity index (χ2v) is 8.27. The van der Waals surface area contributed by atoms with E-state index in [-0.39, 0.29) is 36.5 Å². The molecule has 0 unspecified atom stereocenters. The molecule has 1 saturated heterocycles. The maximum absolute atomic E-state index is 12.7. The van der Waals surface area contributed by atoms with E-state index in [0.717, 1.165) is 48.3 Å². The Hall–Kier alpha value is -3.50. The van der Waals surface area contributed by atoms with Crippen LogP contribution in [0.3, 0.4) is 0 Å². The van der Waals surface area contributed by atoms with Crippen LogP contribution in [0.2, 0.25) is 0 Å². The molecule has 186 valence electrons. The number of hydrogen-bond acceptors (Lipinski definition) is 5. The first-order valence-electron chi connectivity index (χ1n) is 11.6. The minimum absolute atomic E-state index is 0. The van der Waals surface area contributed by atoms with Crippen molar-refractivity contribution in [2.45, 2.75) is 33.1 Å². The Balaban J connectivity index is 0.00000432. The molecule has 1 amide bonds. The Morgan fingerprint density at radius 3 is 2.57 bits per heavy atom. The highest BCUT2D eigenvalue weighted by molar-refractivity contribution is 5.96. The van der Waals surface area contributed by atoms with Gasteiger partial charge in [0.15, 0.2) is 0 Å². The number of anilines is 1. The third kappa shape index (κ3) is 7.76. The summed E-state index contributed by atoms with van der Waals surface area (Å²) in [6.07, 6.45) is 2.36. The van der Waals surface area contributed by atoms with Gasteiger partial charge in [-0.15, -0.1) is 12.4 Å². The first kappa shape index (κ1) is 27.7. The summed E-state index contributed by atoms with van der Waals surface area (Å²) < 4.78 is 5.06. The first-order chi connectivity index (χ1) is 16.4. The number of amides is 1. The summed E-state index contributed by atoms with van der Waals surface area (Å²) in [4.78, 5) is 28.5. The van der Waals surface area contributed by atoms with Crippen molar-refractivity contribution >= 4 is 35.8 Å². The molecule has 0 aromatic heterocycles. The van der Waals surface area contributed by atoms with E-state index < -0.39 is 0 Å². The number of aryl methyl sites for hydroxylation is 1. The van der Waals surface area contributed by atoms with Gasteiger partial charge >= 0.3 is 5.97 Å². The average molecular weight is 497 g/mol. The van der Waals surface area contributed by atoms with E-state index in [0.29, 0.717) is 25.3 Å². The first-order valence-corrected chi connectivity index (χ1v) is 11.6. The van der Waals surface area contributed by atoms with Crippen LogP contribution < -0.4 is 10.6 Å². The lowest BCUT2D eigenvalue weighted by Gasteiger charge is -2.22. The van der Waals surface area contributed by atoms with E-state index in [9.17, 15) is 9.59 Å². The van der Waals surface area contributed by atoms with Gasteiger partial charge in [-0.1, -0.05) is 24.0 Å². The van der Waals surface area contributed by atoms with E-state index in [1.54, 1.807) is 13.0 Å². The van der Waals surface area contributed by atoms with Crippen LogP contribution in [0.15, 0.2) is 42.5 Å². The third-order valence-corrected chi connectivity index (χ3v) is 5.77. The topological polar surface area (TPSA) is 99.7 Å². The van der Waals surface area contributed by atoms with Crippen LogP contribution in [0, 0.1) is 24.2 Å². The second kappa shape index (κ2) is 13.4. The standard InChI is InChI=1S/C27H32N4O3.ClH/c1-3-34-25(32)13-17-30(23-10-6-9-22(19-23)26(28)29)16-7-8-21-11-12-24(20(2)18-21)27(33)31-14-4-5-15-31;/h6,9-12,18-19H,3-5,13-17H2,1-2H3,(H3,28,29);1H. The van der Waals surface area contributed by atoms with Crippen LogP contribution in [0.5, 0.6) is 0 Å². The largest absolute Gasteiger partial charge is 0.466 e. The molecular weight excluding hydrogens is 464 g/mol. The van der Waals surface area contributed by atoms with Crippen LogP contribution in [-0.4, -0.2) is 55.4 Å². The highest BCUT2D eigenvalue weighted by atomic mass is 35.5. The molecule has 35 heavy (non-hydrogen) atoms. The molecule has 7 nitrogen and oxygen atoms in total. The molecule has 0 aliphatic carbocycles. The summed E-state index contributed by atoms with van der Waals surface area (Å²) in [5.41, 5.74) is 9.56. The van der Waals surface area contributed by atoms with E-state index >= 15 is 0 Å². The zero-order valence-corrected chi connectivity index (χ0v) is 21.1. The number of rotatable bonds is 8. The van der Waals surface area contributed by atoms with Gasteiger partial charge in [-0.05, 0) is 62.6 Å². The normalized spacial score (nSPS) is 12.2. The van der Waals surface area contributed by atoms with Gasteiger partial charge in [0.05, 0.1) is 19.6 Å². The van der Waals surface area contributed by atoms with Crippen LogP contribution >= 0.6 is 12.4 Å². The van der Waals surface area contributed by atoms with Crippen LogP contribution in [0.4, 0.5) is 5.69 Å². The summed E-state index contributed by atoms with van der Waals surface area (Å²) >= 11 is 0. The van der Waals surface area contributed by atoms with Gasteiger partial charge < -0.3 is 20.3 Å². The minimum atomic E-state index is -0.267. The number of amidine groups is 1. The molecule has 0 radical (unpaired) electrons. The smallest absolute Gasteiger partial charge is 0.307 e. The van der Waals surface area contributed by atoms with E-state index in [1.165, 1.54) is 0 Å². The Morgan fingerprint density at radius 2 is 1.91 bits per heavy atom. The summed E-state index contributed by atoms with van der Waals surface area (Å²) in [6.45, 7) is 6.52. The lowest BCUT2D eigenvalue weighted by atomic mass is 10.0. The number of esters is 1. The van der Waals surface area contributed by atoms with E-state index in [4.69, 9.17) is 15.9 Å². The molecule has 0 saturated carbocycles. The molecule has 0 spiro atoms. The van der Waals surface area contributed by atoms with Crippen LogP contribution in [-0.2, 0) is 9.53 Å². The Kier molecular flexibility index (Phi) is 10.6. The number of nitrogens with one attached hydrogen (secondary N) is 1. The maximum Gasteiger partial charge on any atom is 0.307 e. The molecule has 2 aromatic carbocycles. The van der Waals surface area contributed by atoms with Crippen molar-refractivity contribution in [3.63, 3.8) is 0 Å². The van der Waals surface area contributed by atoms with Crippen molar-refractivity contribution in [1.82, 2.24) is 4.90 Å². The van der Waals surface area contributed by atoms with Crippen LogP contribution in [0.1, 0.15) is 53.2 Å². The molecule has 0 atom stereocenters. The monoisotopic (exact) mass is 496 g/mol.